The number of amides is 2. The third kappa shape index (κ3) is 6.12. The van der Waals surface area contributed by atoms with Crippen LogP contribution in [0.15, 0.2) is 46.1 Å². The first-order chi connectivity index (χ1) is 16.1. The van der Waals surface area contributed by atoms with Gasteiger partial charge in [0.25, 0.3) is 11.5 Å². The van der Waals surface area contributed by atoms with Crippen molar-refractivity contribution in [3.8, 4) is 11.5 Å². The molecule has 12 nitrogen and oxygen atoms in total. The van der Waals surface area contributed by atoms with Crippen LogP contribution in [0.4, 0.5) is 5.95 Å². The Balaban J connectivity index is 2.56. The van der Waals surface area contributed by atoms with E-state index in [1.54, 1.807) is 26.0 Å². The van der Waals surface area contributed by atoms with E-state index < -0.39 is 17.4 Å². The van der Waals surface area contributed by atoms with E-state index in [2.05, 4.69) is 21.9 Å². The molecule has 182 valence electrons. The van der Waals surface area contributed by atoms with Crippen LogP contribution in [0.25, 0.3) is 10.9 Å². The highest BCUT2D eigenvalue weighted by Gasteiger charge is 2.21. The van der Waals surface area contributed by atoms with Crippen LogP contribution < -0.4 is 37.6 Å². The van der Waals surface area contributed by atoms with Gasteiger partial charge >= 0.3 is 0 Å². The van der Waals surface area contributed by atoms with E-state index >= 15 is 0 Å². The lowest BCUT2D eigenvalue weighted by molar-refractivity contribution is -0.118. The van der Waals surface area contributed by atoms with Crippen LogP contribution >= 0.6 is 0 Å². The Morgan fingerprint density at radius 1 is 1.32 bits per heavy atom. The molecule has 0 aliphatic rings. The van der Waals surface area contributed by atoms with Crippen molar-refractivity contribution < 1.29 is 19.1 Å². The zero-order valence-electron chi connectivity index (χ0n) is 19.3. The van der Waals surface area contributed by atoms with Crippen molar-refractivity contribution in [2.45, 2.75) is 32.7 Å². The summed E-state index contributed by atoms with van der Waals surface area (Å²) < 4.78 is 12.5. The van der Waals surface area contributed by atoms with Gasteiger partial charge in [-0.3, -0.25) is 24.3 Å². The number of hydrogen-bond donors (Lipinski definition) is 4. The number of nitrogens with two attached hydrogens (primary N) is 3. The normalized spacial score (nSPS) is 11.7. The van der Waals surface area contributed by atoms with E-state index in [0.29, 0.717) is 12.2 Å². The summed E-state index contributed by atoms with van der Waals surface area (Å²) in [5, 5.41) is 2.86. The maximum Gasteiger partial charge on any atom is 0.263 e. The van der Waals surface area contributed by atoms with Crippen molar-refractivity contribution in [3.63, 3.8) is 0 Å². The predicted octanol–water partition coefficient (Wildman–Crippen LogP) is 0.912. The smallest absolute Gasteiger partial charge is 0.263 e. The van der Waals surface area contributed by atoms with Gasteiger partial charge in [-0.25, -0.2) is 9.98 Å². The lowest BCUT2D eigenvalue weighted by atomic mass is 10.2. The van der Waals surface area contributed by atoms with Gasteiger partial charge in [-0.05, 0) is 32.4 Å². The minimum absolute atomic E-state index is 0.0110. The molecule has 0 atom stereocenters. The molecule has 0 bridgehead atoms. The number of aromatic nitrogens is 2. The van der Waals surface area contributed by atoms with Crippen molar-refractivity contribution in [3.05, 3.63) is 46.7 Å². The van der Waals surface area contributed by atoms with Gasteiger partial charge in [0.05, 0.1) is 24.7 Å². The van der Waals surface area contributed by atoms with E-state index in [1.165, 1.54) is 11.7 Å². The molecule has 1 aromatic heterocycles. The monoisotopic (exact) mass is 471 g/mol. The zero-order valence-corrected chi connectivity index (χ0v) is 19.3. The Morgan fingerprint density at radius 3 is 2.59 bits per heavy atom. The van der Waals surface area contributed by atoms with Crippen LogP contribution in [0.3, 0.4) is 0 Å². The second-order valence-corrected chi connectivity index (χ2v) is 7.44. The van der Waals surface area contributed by atoms with Gasteiger partial charge in [-0.2, -0.15) is 0 Å². The van der Waals surface area contributed by atoms with Gasteiger partial charge < -0.3 is 26.7 Å². The molecule has 0 saturated heterocycles. The minimum atomic E-state index is -0.661. The number of fused-ring (bicyclic) bond motifs is 1. The van der Waals surface area contributed by atoms with Crippen molar-refractivity contribution in [1.29, 1.82) is 0 Å². The molecule has 2 amide bonds. The number of benzene rings is 1. The van der Waals surface area contributed by atoms with Crippen LogP contribution in [0.2, 0.25) is 0 Å². The molecule has 0 saturated carbocycles. The molecule has 34 heavy (non-hydrogen) atoms. The van der Waals surface area contributed by atoms with Gasteiger partial charge in [-0.1, -0.05) is 6.58 Å². The summed E-state index contributed by atoms with van der Waals surface area (Å²) in [7, 11) is 1.41. The molecule has 1 heterocycles. The van der Waals surface area contributed by atoms with Gasteiger partial charge in [0.1, 0.15) is 11.3 Å². The molecule has 0 spiro atoms. The number of hydrogen-bond acceptors (Lipinski definition) is 9. The molecule has 2 rings (SSSR count). The molecule has 0 radical (unpaired) electrons. The standard InChI is InChI=1S/C22H29N7O5/c1-12(2)29-21(32)15-7-8-16(34-9-5-6-17(25)30)19(33-4)18(15)27-22(29)28-20(31)14(10-23)11-26-13(3)24/h7-8,10-12H,3,5-6,9,23-24H2,1-2,4H3,(H2,25,30)(H,27,28,31)/b14-10+,26-11-. The van der Waals surface area contributed by atoms with Crippen LogP contribution in [0.5, 0.6) is 11.5 Å². The Labute approximate surface area is 196 Å². The molecular formula is C22H29N7O5. The zero-order chi connectivity index (χ0) is 25.4. The molecule has 7 N–H and O–H groups in total. The van der Waals surface area contributed by atoms with Crippen LogP contribution in [0, 0.1) is 0 Å². The fourth-order valence-electron chi connectivity index (χ4n) is 3.03. The number of methoxy groups -OCH3 is 1. The summed E-state index contributed by atoms with van der Waals surface area (Å²) in [5.41, 5.74) is 15.9. The molecule has 0 unspecified atom stereocenters. The lowest BCUT2D eigenvalue weighted by Gasteiger charge is -2.19. The van der Waals surface area contributed by atoms with E-state index in [1.807, 2.05) is 0 Å². The van der Waals surface area contributed by atoms with Gasteiger partial charge in [0.2, 0.25) is 11.9 Å². The third-order valence-electron chi connectivity index (χ3n) is 4.57. The summed E-state index contributed by atoms with van der Waals surface area (Å²) in [6, 6.07) is 2.81. The summed E-state index contributed by atoms with van der Waals surface area (Å²) in [6.45, 7) is 7.18. The third-order valence-corrected chi connectivity index (χ3v) is 4.57. The van der Waals surface area contributed by atoms with Crippen LogP contribution in [0.1, 0.15) is 32.7 Å². The highest BCUT2D eigenvalue weighted by molar-refractivity contribution is 6.17. The Bertz CT molecular complexity index is 1210. The number of ether oxygens (including phenoxy) is 2. The van der Waals surface area contributed by atoms with Gasteiger partial charge in [-0.15, -0.1) is 0 Å². The molecule has 12 heteroatoms. The largest absolute Gasteiger partial charge is 0.491 e. The highest BCUT2D eigenvalue weighted by atomic mass is 16.5. The predicted molar refractivity (Wildman–Crippen MR) is 130 cm³/mol. The van der Waals surface area contributed by atoms with Crippen molar-refractivity contribution in [2.24, 2.45) is 22.2 Å². The molecular weight excluding hydrogens is 442 g/mol. The van der Waals surface area contributed by atoms with Gasteiger partial charge in [0.15, 0.2) is 11.5 Å². The molecule has 0 aliphatic heterocycles. The Kier molecular flexibility index (Phi) is 8.76. The summed E-state index contributed by atoms with van der Waals surface area (Å²) in [4.78, 5) is 45.2. The van der Waals surface area contributed by atoms with Crippen molar-refractivity contribution in [2.75, 3.05) is 19.0 Å². The van der Waals surface area contributed by atoms with E-state index in [9.17, 15) is 14.4 Å². The molecule has 1 aromatic carbocycles. The minimum Gasteiger partial charge on any atom is -0.491 e. The first kappa shape index (κ1) is 25.9. The number of carbonyl (C=O) groups is 2. The van der Waals surface area contributed by atoms with Crippen molar-refractivity contribution in [1.82, 2.24) is 9.55 Å². The number of primary amides is 1. The summed E-state index contributed by atoms with van der Waals surface area (Å²) in [5.74, 6) is -0.607. The van der Waals surface area contributed by atoms with Crippen molar-refractivity contribution >= 4 is 34.9 Å². The van der Waals surface area contributed by atoms with E-state index in [0.717, 1.165) is 12.4 Å². The number of carbonyl (C=O) groups excluding carboxylic acids is 2. The highest BCUT2D eigenvalue weighted by Crippen LogP contribution is 2.34. The number of anilines is 1. The number of rotatable bonds is 11. The molecule has 2 aromatic rings. The van der Waals surface area contributed by atoms with Crippen LogP contribution in [-0.4, -0.2) is 41.3 Å². The SMILES string of the molecule is C=C(N)/N=C\C(=C/N)C(=O)Nc1nc2c(OC)c(OCCCC(N)=O)ccc2c(=O)n1C(C)C. The Hall–Kier alpha value is -4.35. The lowest BCUT2D eigenvalue weighted by Crippen LogP contribution is -2.29. The van der Waals surface area contributed by atoms with E-state index in [-0.39, 0.29) is 53.1 Å². The fourth-order valence-corrected chi connectivity index (χ4v) is 3.03. The molecule has 0 aliphatic carbocycles. The fraction of sp³-hybridized carbons (Fsp3) is 0.318. The van der Waals surface area contributed by atoms with Gasteiger partial charge in [0, 0.05) is 24.9 Å². The maximum atomic E-state index is 13.3. The number of nitrogens with one attached hydrogen (secondary N) is 1. The second kappa shape index (κ2) is 11.5. The van der Waals surface area contributed by atoms with E-state index in [4.69, 9.17) is 26.7 Å². The Morgan fingerprint density at radius 2 is 2.03 bits per heavy atom. The summed E-state index contributed by atoms with van der Waals surface area (Å²) in [6.07, 6.45) is 2.76. The number of nitrogens with zero attached hydrogens (tertiary/aromatic N) is 3. The summed E-state index contributed by atoms with van der Waals surface area (Å²) >= 11 is 0. The quantitative estimate of drug-likeness (QED) is 0.211. The average Bonchev–Trinajstić information content (AvgIpc) is 2.76. The van der Waals surface area contributed by atoms with Crippen LogP contribution in [-0.2, 0) is 9.59 Å². The number of aliphatic imine (C=N–C) groups is 1. The first-order valence-electron chi connectivity index (χ1n) is 10.4. The molecule has 0 fully saturated rings. The average molecular weight is 472 g/mol. The second-order valence-electron chi connectivity index (χ2n) is 7.44. The first-order valence-corrected chi connectivity index (χ1v) is 10.4. The maximum absolute atomic E-state index is 13.3. The topological polar surface area (TPSA) is 190 Å².